The van der Waals surface area contributed by atoms with Gasteiger partial charge in [-0.15, -0.1) is 0 Å². The van der Waals surface area contributed by atoms with Crippen molar-refractivity contribution in [2.45, 2.75) is 63.0 Å². The molecule has 4 heteroatoms. The van der Waals surface area contributed by atoms with Gasteiger partial charge in [0.05, 0.1) is 18.2 Å². The molecule has 1 saturated heterocycles. The van der Waals surface area contributed by atoms with Crippen molar-refractivity contribution in [2.75, 3.05) is 25.6 Å². The highest BCUT2D eigenvalue weighted by Gasteiger charge is 2.41. The SMILES string of the molecule is CN(C)c1ccc(CCC(=O)NC2COC3(CCCCC3)C2)cc1. The molecule has 3 rings (SSSR count). The van der Waals surface area contributed by atoms with Gasteiger partial charge < -0.3 is 15.0 Å². The molecule has 0 radical (unpaired) electrons. The number of hydrogen-bond acceptors (Lipinski definition) is 3. The van der Waals surface area contributed by atoms with E-state index in [0.29, 0.717) is 13.0 Å². The average molecular weight is 330 g/mol. The molecule has 132 valence electrons. The number of anilines is 1. The molecular formula is C20H30N2O2. The van der Waals surface area contributed by atoms with E-state index in [4.69, 9.17) is 4.74 Å². The minimum atomic E-state index is 0.0677. The predicted molar refractivity (Wildman–Crippen MR) is 97.4 cm³/mol. The van der Waals surface area contributed by atoms with E-state index in [2.05, 4.69) is 34.5 Å². The summed E-state index contributed by atoms with van der Waals surface area (Å²) in [4.78, 5) is 14.3. The molecule has 1 aliphatic carbocycles. The van der Waals surface area contributed by atoms with Crippen LogP contribution in [0.4, 0.5) is 5.69 Å². The summed E-state index contributed by atoms with van der Waals surface area (Å²) in [6, 6.07) is 8.62. The summed E-state index contributed by atoms with van der Waals surface area (Å²) in [5.74, 6) is 0.146. The Morgan fingerprint density at radius 2 is 1.92 bits per heavy atom. The summed E-state index contributed by atoms with van der Waals surface area (Å²) in [5.41, 5.74) is 2.46. The third-order valence-electron chi connectivity index (χ3n) is 5.43. The van der Waals surface area contributed by atoms with Crippen molar-refractivity contribution in [1.82, 2.24) is 5.32 Å². The van der Waals surface area contributed by atoms with Crippen LogP contribution in [0.25, 0.3) is 0 Å². The van der Waals surface area contributed by atoms with Crippen LogP contribution in [0.1, 0.15) is 50.5 Å². The quantitative estimate of drug-likeness (QED) is 0.901. The number of hydrogen-bond donors (Lipinski definition) is 1. The predicted octanol–water partition coefficient (Wildman–Crippen LogP) is 3.29. The van der Waals surface area contributed by atoms with Crippen molar-refractivity contribution in [1.29, 1.82) is 0 Å². The molecule has 24 heavy (non-hydrogen) atoms. The lowest BCUT2D eigenvalue weighted by Gasteiger charge is -2.32. The average Bonchev–Trinajstić information content (AvgIpc) is 2.96. The Balaban J connectivity index is 1.43. The van der Waals surface area contributed by atoms with Crippen molar-refractivity contribution in [3.63, 3.8) is 0 Å². The molecule has 1 atom stereocenters. The zero-order valence-electron chi connectivity index (χ0n) is 15.0. The molecule has 4 nitrogen and oxygen atoms in total. The molecule has 1 N–H and O–H groups in total. The molecule has 1 aliphatic heterocycles. The van der Waals surface area contributed by atoms with Gasteiger partial charge in [-0.05, 0) is 43.4 Å². The van der Waals surface area contributed by atoms with Crippen LogP contribution in [0.2, 0.25) is 0 Å². The van der Waals surface area contributed by atoms with Gasteiger partial charge in [-0.3, -0.25) is 4.79 Å². The van der Waals surface area contributed by atoms with Crippen LogP contribution in [0, 0.1) is 0 Å². The molecule has 1 amide bonds. The van der Waals surface area contributed by atoms with Crippen LogP contribution in [0.15, 0.2) is 24.3 Å². The fraction of sp³-hybridized carbons (Fsp3) is 0.650. The maximum atomic E-state index is 12.2. The van der Waals surface area contributed by atoms with Crippen molar-refractivity contribution < 1.29 is 9.53 Å². The van der Waals surface area contributed by atoms with Crippen LogP contribution >= 0.6 is 0 Å². The zero-order chi connectivity index (χ0) is 17.0. The molecule has 0 bridgehead atoms. The van der Waals surface area contributed by atoms with E-state index in [9.17, 15) is 4.79 Å². The number of nitrogens with zero attached hydrogens (tertiary/aromatic N) is 1. The maximum Gasteiger partial charge on any atom is 0.220 e. The second kappa shape index (κ2) is 7.56. The molecule has 2 aliphatic rings. The second-order valence-corrected chi connectivity index (χ2v) is 7.58. The summed E-state index contributed by atoms with van der Waals surface area (Å²) < 4.78 is 6.07. The van der Waals surface area contributed by atoms with Gasteiger partial charge in [-0.2, -0.15) is 0 Å². The molecule has 2 fully saturated rings. The molecule has 1 aromatic rings. The highest BCUT2D eigenvalue weighted by Crippen LogP contribution is 2.39. The third-order valence-corrected chi connectivity index (χ3v) is 5.43. The summed E-state index contributed by atoms with van der Waals surface area (Å²) >= 11 is 0. The highest BCUT2D eigenvalue weighted by molar-refractivity contribution is 5.76. The first kappa shape index (κ1) is 17.3. The first-order valence-electron chi connectivity index (χ1n) is 9.26. The molecule has 1 unspecified atom stereocenters. The Morgan fingerprint density at radius 3 is 2.58 bits per heavy atom. The Morgan fingerprint density at radius 1 is 1.21 bits per heavy atom. The molecule has 1 heterocycles. The summed E-state index contributed by atoms with van der Waals surface area (Å²) in [7, 11) is 4.07. The van der Waals surface area contributed by atoms with Gasteiger partial charge in [0.15, 0.2) is 0 Å². The lowest BCUT2D eigenvalue weighted by molar-refractivity contribution is -0.121. The van der Waals surface area contributed by atoms with E-state index in [1.807, 2.05) is 14.1 Å². The third kappa shape index (κ3) is 4.29. The van der Waals surface area contributed by atoms with E-state index < -0.39 is 0 Å². The number of aryl methyl sites for hydroxylation is 1. The van der Waals surface area contributed by atoms with Crippen LogP contribution < -0.4 is 10.2 Å². The summed E-state index contributed by atoms with van der Waals surface area (Å²) in [5, 5.41) is 3.18. The molecule has 0 aromatic heterocycles. The van der Waals surface area contributed by atoms with Gasteiger partial charge in [0.1, 0.15) is 0 Å². The first-order chi connectivity index (χ1) is 11.6. The lowest BCUT2D eigenvalue weighted by atomic mass is 9.82. The van der Waals surface area contributed by atoms with Crippen LogP contribution in [0.5, 0.6) is 0 Å². The smallest absolute Gasteiger partial charge is 0.220 e. The molecule has 1 spiro atoms. The summed E-state index contributed by atoms with van der Waals surface area (Å²) in [6.45, 7) is 0.684. The Bertz CT molecular complexity index is 547. The van der Waals surface area contributed by atoms with E-state index >= 15 is 0 Å². The van der Waals surface area contributed by atoms with Crippen molar-refractivity contribution in [3.05, 3.63) is 29.8 Å². The van der Waals surface area contributed by atoms with Gasteiger partial charge >= 0.3 is 0 Å². The summed E-state index contributed by atoms with van der Waals surface area (Å²) in [6.07, 6.45) is 8.52. The highest BCUT2D eigenvalue weighted by atomic mass is 16.5. The largest absolute Gasteiger partial charge is 0.378 e. The second-order valence-electron chi connectivity index (χ2n) is 7.58. The van der Waals surface area contributed by atoms with Crippen molar-refractivity contribution in [3.8, 4) is 0 Å². The molecule has 1 saturated carbocycles. The van der Waals surface area contributed by atoms with E-state index in [0.717, 1.165) is 25.7 Å². The number of amides is 1. The van der Waals surface area contributed by atoms with E-state index in [1.165, 1.54) is 30.5 Å². The van der Waals surface area contributed by atoms with Gasteiger partial charge in [0.2, 0.25) is 5.91 Å². The van der Waals surface area contributed by atoms with Crippen molar-refractivity contribution in [2.24, 2.45) is 0 Å². The lowest BCUT2D eigenvalue weighted by Crippen LogP contribution is -2.37. The maximum absolute atomic E-state index is 12.2. The topological polar surface area (TPSA) is 41.6 Å². The van der Waals surface area contributed by atoms with Crippen LogP contribution in [-0.2, 0) is 16.0 Å². The molecular weight excluding hydrogens is 300 g/mol. The number of ether oxygens (including phenoxy) is 1. The van der Waals surface area contributed by atoms with E-state index in [-0.39, 0.29) is 17.6 Å². The Kier molecular flexibility index (Phi) is 5.44. The minimum absolute atomic E-state index is 0.0677. The number of nitrogens with one attached hydrogen (secondary N) is 1. The van der Waals surface area contributed by atoms with Gasteiger partial charge in [0.25, 0.3) is 0 Å². The fourth-order valence-electron chi connectivity index (χ4n) is 4.00. The van der Waals surface area contributed by atoms with Gasteiger partial charge in [0, 0.05) is 26.2 Å². The fourth-order valence-corrected chi connectivity index (χ4v) is 4.00. The normalized spacial score (nSPS) is 22.5. The van der Waals surface area contributed by atoms with Crippen LogP contribution in [-0.4, -0.2) is 38.3 Å². The standard InChI is InChI=1S/C20H30N2O2/c1-22(2)18-9-6-16(7-10-18)8-11-19(23)21-17-14-20(24-15-17)12-4-3-5-13-20/h6-7,9-10,17H,3-5,8,11-15H2,1-2H3,(H,21,23). The van der Waals surface area contributed by atoms with Crippen LogP contribution in [0.3, 0.4) is 0 Å². The monoisotopic (exact) mass is 330 g/mol. The minimum Gasteiger partial charge on any atom is -0.378 e. The van der Waals surface area contributed by atoms with Gasteiger partial charge in [-0.25, -0.2) is 0 Å². The number of carbonyl (C=O) groups is 1. The van der Waals surface area contributed by atoms with E-state index in [1.54, 1.807) is 0 Å². The first-order valence-corrected chi connectivity index (χ1v) is 9.26. The number of benzene rings is 1. The number of carbonyl (C=O) groups excluding carboxylic acids is 1. The number of rotatable bonds is 5. The Hall–Kier alpha value is -1.55. The van der Waals surface area contributed by atoms with Gasteiger partial charge in [-0.1, -0.05) is 31.4 Å². The van der Waals surface area contributed by atoms with Crippen molar-refractivity contribution >= 4 is 11.6 Å². The molecule has 1 aromatic carbocycles. The Labute approximate surface area is 145 Å². The zero-order valence-corrected chi connectivity index (χ0v) is 15.0.